The van der Waals surface area contributed by atoms with E-state index in [0.29, 0.717) is 15.8 Å². The molecule has 0 aliphatic rings. The topological polar surface area (TPSA) is 84.9 Å². The van der Waals surface area contributed by atoms with E-state index >= 15 is 0 Å². The first-order chi connectivity index (χ1) is 8.99. The van der Waals surface area contributed by atoms with Crippen LogP contribution in [-0.2, 0) is 9.53 Å². The van der Waals surface area contributed by atoms with E-state index in [-0.39, 0.29) is 6.61 Å². The summed E-state index contributed by atoms with van der Waals surface area (Å²) in [4.78, 5) is 22.9. The summed E-state index contributed by atoms with van der Waals surface area (Å²) < 4.78 is 10.3. The molecule has 0 spiro atoms. The Kier molecular flexibility index (Phi) is 5.78. The van der Waals surface area contributed by atoms with Crippen molar-refractivity contribution in [1.82, 2.24) is 5.32 Å². The summed E-state index contributed by atoms with van der Waals surface area (Å²) in [6, 6.07) is 3.76. The standard InChI is InChI=1S/C12H14BrNO5/c1-18-6-10(12(16)17)14-11(15)8-5-7(19-2)3-4-9(8)13/h3-5,10H,6H2,1-2H3,(H,14,15)(H,16,17). The number of ether oxygens (including phenoxy) is 2. The maximum Gasteiger partial charge on any atom is 0.328 e. The summed E-state index contributed by atoms with van der Waals surface area (Å²) in [5.74, 6) is -1.17. The van der Waals surface area contributed by atoms with Gasteiger partial charge in [0.25, 0.3) is 5.91 Å². The molecule has 0 aliphatic carbocycles. The van der Waals surface area contributed by atoms with Crippen LogP contribution >= 0.6 is 15.9 Å². The fourth-order valence-corrected chi connectivity index (χ4v) is 1.81. The zero-order valence-electron chi connectivity index (χ0n) is 10.5. The molecule has 0 saturated carbocycles. The summed E-state index contributed by atoms with van der Waals surface area (Å²) in [5.41, 5.74) is 0.293. The molecule has 19 heavy (non-hydrogen) atoms. The number of nitrogens with one attached hydrogen (secondary N) is 1. The van der Waals surface area contributed by atoms with Gasteiger partial charge in [0.05, 0.1) is 19.3 Å². The zero-order chi connectivity index (χ0) is 14.4. The molecule has 6 nitrogen and oxygen atoms in total. The Morgan fingerprint density at radius 2 is 2.11 bits per heavy atom. The largest absolute Gasteiger partial charge is 0.497 e. The van der Waals surface area contributed by atoms with Gasteiger partial charge >= 0.3 is 5.97 Å². The van der Waals surface area contributed by atoms with Gasteiger partial charge in [-0.05, 0) is 34.1 Å². The normalized spacial score (nSPS) is 11.7. The number of carboxylic acids is 1. The Balaban J connectivity index is 2.90. The Morgan fingerprint density at radius 3 is 2.63 bits per heavy atom. The minimum atomic E-state index is -1.16. The predicted octanol–water partition coefficient (Wildman–Crippen LogP) is 1.29. The van der Waals surface area contributed by atoms with Crippen LogP contribution in [0.15, 0.2) is 22.7 Å². The van der Waals surface area contributed by atoms with E-state index in [1.165, 1.54) is 20.3 Å². The number of amides is 1. The lowest BCUT2D eigenvalue weighted by Crippen LogP contribution is -2.43. The van der Waals surface area contributed by atoms with Crippen molar-refractivity contribution in [2.24, 2.45) is 0 Å². The Morgan fingerprint density at radius 1 is 1.42 bits per heavy atom. The lowest BCUT2D eigenvalue weighted by molar-refractivity contribution is -0.140. The van der Waals surface area contributed by atoms with Crippen LogP contribution in [0.3, 0.4) is 0 Å². The van der Waals surface area contributed by atoms with Gasteiger partial charge in [0.1, 0.15) is 5.75 Å². The first-order valence-electron chi connectivity index (χ1n) is 5.35. The van der Waals surface area contributed by atoms with E-state index in [0.717, 1.165) is 0 Å². The van der Waals surface area contributed by atoms with Gasteiger partial charge in [-0.15, -0.1) is 0 Å². The predicted molar refractivity (Wildman–Crippen MR) is 71.5 cm³/mol. The molecule has 0 bridgehead atoms. The van der Waals surface area contributed by atoms with Crippen molar-refractivity contribution in [3.8, 4) is 5.75 Å². The average Bonchev–Trinajstić information content (AvgIpc) is 2.38. The molecule has 0 radical (unpaired) electrons. The second-order valence-corrected chi connectivity index (χ2v) is 4.52. The number of rotatable bonds is 6. The number of carboxylic acid groups (broad SMARTS) is 1. The van der Waals surface area contributed by atoms with E-state index in [2.05, 4.69) is 21.2 Å². The Hall–Kier alpha value is -1.60. The van der Waals surface area contributed by atoms with E-state index in [1.54, 1.807) is 12.1 Å². The summed E-state index contributed by atoms with van der Waals surface area (Å²) in [6.07, 6.45) is 0. The quantitative estimate of drug-likeness (QED) is 0.820. The molecule has 0 heterocycles. The van der Waals surface area contributed by atoms with Gasteiger partial charge in [0.15, 0.2) is 6.04 Å². The monoisotopic (exact) mass is 331 g/mol. The lowest BCUT2D eigenvalue weighted by atomic mass is 10.2. The smallest absolute Gasteiger partial charge is 0.328 e. The van der Waals surface area contributed by atoms with Gasteiger partial charge < -0.3 is 19.9 Å². The number of carbonyl (C=O) groups is 2. The minimum absolute atomic E-state index is 0.108. The number of hydrogen-bond acceptors (Lipinski definition) is 4. The molecule has 1 atom stereocenters. The molecule has 2 N–H and O–H groups in total. The molecule has 0 aromatic heterocycles. The van der Waals surface area contributed by atoms with Crippen molar-refractivity contribution in [1.29, 1.82) is 0 Å². The molecule has 0 fully saturated rings. The fraction of sp³-hybridized carbons (Fsp3) is 0.333. The van der Waals surface area contributed by atoms with Gasteiger partial charge in [-0.1, -0.05) is 0 Å². The first-order valence-corrected chi connectivity index (χ1v) is 6.15. The highest BCUT2D eigenvalue weighted by atomic mass is 79.9. The summed E-state index contributed by atoms with van der Waals surface area (Å²) in [7, 11) is 2.85. The van der Waals surface area contributed by atoms with Gasteiger partial charge in [-0.2, -0.15) is 0 Å². The number of carbonyl (C=O) groups excluding carboxylic acids is 1. The van der Waals surface area contributed by atoms with Crippen molar-refractivity contribution in [2.45, 2.75) is 6.04 Å². The minimum Gasteiger partial charge on any atom is -0.497 e. The number of benzene rings is 1. The van der Waals surface area contributed by atoms with E-state index in [9.17, 15) is 9.59 Å². The zero-order valence-corrected chi connectivity index (χ0v) is 12.1. The summed E-state index contributed by atoms with van der Waals surface area (Å²) in [6.45, 7) is -0.108. The molecule has 7 heteroatoms. The van der Waals surface area contributed by atoms with E-state index in [4.69, 9.17) is 14.6 Å². The van der Waals surface area contributed by atoms with Gasteiger partial charge in [0, 0.05) is 11.6 Å². The maximum absolute atomic E-state index is 12.0. The third-order valence-corrected chi connectivity index (χ3v) is 3.05. The summed E-state index contributed by atoms with van der Waals surface area (Å²) >= 11 is 3.23. The van der Waals surface area contributed by atoms with Gasteiger partial charge in [-0.25, -0.2) is 4.79 Å². The second kappa shape index (κ2) is 7.10. The van der Waals surface area contributed by atoms with Crippen molar-refractivity contribution in [2.75, 3.05) is 20.8 Å². The molecule has 1 unspecified atom stereocenters. The second-order valence-electron chi connectivity index (χ2n) is 3.67. The van der Waals surface area contributed by atoms with E-state index < -0.39 is 17.9 Å². The van der Waals surface area contributed by atoms with Crippen molar-refractivity contribution >= 4 is 27.8 Å². The van der Waals surface area contributed by atoms with Crippen molar-refractivity contribution < 1.29 is 24.2 Å². The van der Waals surface area contributed by atoms with Gasteiger partial charge in [0.2, 0.25) is 0 Å². The number of hydrogen-bond donors (Lipinski definition) is 2. The van der Waals surface area contributed by atoms with Crippen LogP contribution in [0.5, 0.6) is 5.75 Å². The van der Waals surface area contributed by atoms with Crippen LogP contribution < -0.4 is 10.1 Å². The Bertz CT molecular complexity index is 477. The molecule has 1 aromatic rings. The molecule has 1 amide bonds. The average molecular weight is 332 g/mol. The highest BCUT2D eigenvalue weighted by Crippen LogP contribution is 2.22. The van der Waals surface area contributed by atoms with Crippen LogP contribution in [0, 0.1) is 0 Å². The molecule has 1 aromatic carbocycles. The van der Waals surface area contributed by atoms with Crippen LogP contribution in [0.25, 0.3) is 0 Å². The van der Waals surface area contributed by atoms with Gasteiger partial charge in [-0.3, -0.25) is 4.79 Å². The van der Waals surface area contributed by atoms with Crippen LogP contribution in [0.1, 0.15) is 10.4 Å². The lowest BCUT2D eigenvalue weighted by Gasteiger charge is -2.14. The highest BCUT2D eigenvalue weighted by molar-refractivity contribution is 9.10. The Labute approximate surface area is 118 Å². The highest BCUT2D eigenvalue weighted by Gasteiger charge is 2.21. The number of aliphatic carboxylic acids is 1. The maximum atomic E-state index is 12.0. The SMILES string of the molecule is COCC(NC(=O)c1cc(OC)ccc1Br)C(=O)O. The fourth-order valence-electron chi connectivity index (χ4n) is 1.38. The molecule has 1 rings (SSSR count). The van der Waals surface area contributed by atoms with Crippen molar-refractivity contribution in [3.05, 3.63) is 28.2 Å². The van der Waals surface area contributed by atoms with Crippen LogP contribution in [-0.4, -0.2) is 43.9 Å². The molecular formula is C12H14BrNO5. The summed E-state index contributed by atoms with van der Waals surface area (Å²) in [5, 5.41) is 11.3. The number of halogens is 1. The van der Waals surface area contributed by atoms with Crippen LogP contribution in [0.2, 0.25) is 0 Å². The molecule has 0 saturated heterocycles. The van der Waals surface area contributed by atoms with Crippen molar-refractivity contribution in [3.63, 3.8) is 0 Å². The number of methoxy groups -OCH3 is 2. The third-order valence-electron chi connectivity index (χ3n) is 2.35. The molecular weight excluding hydrogens is 318 g/mol. The third kappa shape index (κ3) is 4.22. The van der Waals surface area contributed by atoms with E-state index in [1.807, 2.05) is 0 Å². The first kappa shape index (κ1) is 15.5. The van der Waals surface area contributed by atoms with Crippen LogP contribution in [0.4, 0.5) is 0 Å². The molecule has 104 valence electrons. The molecule has 0 aliphatic heterocycles.